The Morgan fingerprint density at radius 2 is 2.17 bits per heavy atom. The van der Waals surface area contributed by atoms with Gasteiger partial charge in [0.05, 0.1) is 5.75 Å². The lowest BCUT2D eigenvalue weighted by atomic mass is 10.1. The molecule has 1 heterocycles. The number of rotatable bonds is 8. The van der Waals surface area contributed by atoms with Crippen LogP contribution >= 0.6 is 11.8 Å². The summed E-state index contributed by atoms with van der Waals surface area (Å²) in [5.41, 5.74) is 5.63. The summed E-state index contributed by atoms with van der Waals surface area (Å²) < 4.78 is 0. The van der Waals surface area contributed by atoms with Gasteiger partial charge >= 0.3 is 0 Å². The normalized spacial score (nSPS) is 19.8. The number of thioether (sulfide) groups is 1. The molecule has 0 aromatic carbocycles. The second-order valence-corrected chi connectivity index (χ2v) is 5.91. The Balaban J connectivity index is 2.10. The third-order valence-electron chi connectivity index (χ3n) is 3.64. The summed E-state index contributed by atoms with van der Waals surface area (Å²) in [5.74, 6) is 2.48. The maximum atomic E-state index is 11.9. The molecule has 4 nitrogen and oxygen atoms in total. The predicted octanol–water partition coefficient (Wildman–Crippen LogP) is 0.869. The first-order valence-electron chi connectivity index (χ1n) is 6.99. The molecule has 1 saturated heterocycles. The van der Waals surface area contributed by atoms with E-state index in [-0.39, 0.29) is 5.91 Å². The topological polar surface area (TPSA) is 49.6 Å². The maximum absolute atomic E-state index is 11.9. The average Bonchev–Trinajstić information content (AvgIpc) is 2.87. The molecule has 1 unspecified atom stereocenters. The summed E-state index contributed by atoms with van der Waals surface area (Å²) in [5, 5.41) is 0. The quantitative estimate of drug-likeness (QED) is 0.667. The van der Waals surface area contributed by atoms with Gasteiger partial charge in [-0.05, 0) is 32.0 Å². The van der Waals surface area contributed by atoms with Crippen LogP contribution in [0, 0.1) is 5.92 Å². The van der Waals surface area contributed by atoms with Crippen LogP contribution in [0.3, 0.4) is 0 Å². The second kappa shape index (κ2) is 8.77. The van der Waals surface area contributed by atoms with Crippen molar-refractivity contribution in [2.45, 2.75) is 20.3 Å². The molecular weight excluding hydrogens is 246 g/mol. The highest BCUT2D eigenvalue weighted by molar-refractivity contribution is 7.99. The monoisotopic (exact) mass is 273 g/mol. The van der Waals surface area contributed by atoms with Crippen LogP contribution in [0.5, 0.6) is 0 Å². The molecule has 0 radical (unpaired) electrons. The molecule has 5 heteroatoms. The average molecular weight is 273 g/mol. The molecule has 1 rings (SSSR count). The molecule has 1 aliphatic rings. The minimum absolute atomic E-state index is 0.287. The lowest BCUT2D eigenvalue weighted by molar-refractivity contribution is -0.127. The number of hydrogen-bond acceptors (Lipinski definition) is 4. The highest BCUT2D eigenvalue weighted by atomic mass is 32.2. The number of nitrogens with two attached hydrogens (primary N) is 1. The van der Waals surface area contributed by atoms with Crippen LogP contribution in [-0.2, 0) is 4.79 Å². The van der Waals surface area contributed by atoms with E-state index < -0.39 is 0 Å². The van der Waals surface area contributed by atoms with E-state index in [0.717, 1.165) is 44.9 Å². The summed E-state index contributed by atoms with van der Waals surface area (Å²) in [6, 6.07) is 0. The largest absolute Gasteiger partial charge is 0.342 e. The number of carbonyl (C=O) groups excluding carboxylic acids is 1. The standard InChI is InChI=1S/C13H27N3OS/c1-3-15(4-2)7-8-18-11-13(17)16-6-5-12(9-14)10-16/h12H,3-11,14H2,1-2H3. The first-order chi connectivity index (χ1) is 8.71. The summed E-state index contributed by atoms with van der Waals surface area (Å²) in [7, 11) is 0. The van der Waals surface area contributed by atoms with Gasteiger partial charge in [-0.1, -0.05) is 13.8 Å². The molecule has 0 aromatic heterocycles. The van der Waals surface area contributed by atoms with Crippen LogP contribution in [-0.4, -0.2) is 66.5 Å². The minimum atomic E-state index is 0.287. The third kappa shape index (κ3) is 5.16. The van der Waals surface area contributed by atoms with Gasteiger partial charge in [0.25, 0.3) is 0 Å². The summed E-state index contributed by atoms with van der Waals surface area (Å²) in [4.78, 5) is 16.3. The molecule has 106 valence electrons. The maximum Gasteiger partial charge on any atom is 0.232 e. The van der Waals surface area contributed by atoms with E-state index >= 15 is 0 Å². The van der Waals surface area contributed by atoms with E-state index in [1.807, 2.05) is 4.90 Å². The van der Waals surface area contributed by atoms with E-state index in [1.165, 1.54) is 0 Å². The number of carbonyl (C=O) groups is 1. The van der Waals surface area contributed by atoms with Crippen LogP contribution in [0.2, 0.25) is 0 Å². The predicted molar refractivity (Wildman–Crippen MR) is 78.9 cm³/mol. The van der Waals surface area contributed by atoms with Gasteiger partial charge in [-0.3, -0.25) is 4.79 Å². The second-order valence-electron chi connectivity index (χ2n) is 4.81. The Morgan fingerprint density at radius 1 is 1.44 bits per heavy atom. The molecule has 0 saturated carbocycles. The van der Waals surface area contributed by atoms with Gasteiger partial charge in [0.15, 0.2) is 0 Å². The van der Waals surface area contributed by atoms with Crippen molar-refractivity contribution in [3.63, 3.8) is 0 Å². The zero-order valence-corrected chi connectivity index (χ0v) is 12.5. The Morgan fingerprint density at radius 3 is 2.72 bits per heavy atom. The number of likely N-dealkylation sites (tertiary alicyclic amines) is 1. The summed E-state index contributed by atoms with van der Waals surface area (Å²) in [6.07, 6.45) is 1.08. The molecule has 1 atom stereocenters. The molecular formula is C13H27N3OS. The zero-order valence-electron chi connectivity index (χ0n) is 11.7. The molecule has 0 spiro atoms. The van der Waals surface area contributed by atoms with Gasteiger partial charge in [0.2, 0.25) is 5.91 Å². The fourth-order valence-corrected chi connectivity index (χ4v) is 3.12. The Labute approximate surface area is 115 Å². The van der Waals surface area contributed by atoms with Crippen LogP contribution in [0.4, 0.5) is 0 Å². The van der Waals surface area contributed by atoms with Crippen molar-refractivity contribution in [1.29, 1.82) is 0 Å². The van der Waals surface area contributed by atoms with Gasteiger partial charge in [-0.15, -0.1) is 0 Å². The molecule has 1 fully saturated rings. The van der Waals surface area contributed by atoms with Crippen molar-refractivity contribution in [1.82, 2.24) is 9.80 Å². The van der Waals surface area contributed by atoms with E-state index in [9.17, 15) is 4.79 Å². The molecule has 2 N–H and O–H groups in total. The highest BCUT2D eigenvalue weighted by Gasteiger charge is 2.24. The van der Waals surface area contributed by atoms with E-state index in [2.05, 4.69) is 18.7 Å². The number of amides is 1. The summed E-state index contributed by atoms with van der Waals surface area (Å²) >= 11 is 1.75. The van der Waals surface area contributed by atoms with Crippen LogP contribution < -0.4 is 5.73 Å². The molecule has 18 heavy (non-hydrogen) atoms. The fourth-order valence-electron chi connectivity index (χ4n) is 2.24. The lowest BCUT2D eigenvalue weighted by Gasteiger charge is -2.18. The van der Waals surface area contributed by atoms with E-state index in [1.54, 1.807) is 11.8 Å². The van der Waals surface area contributed by atoms with Crippen LogP contribution in [0.1, 0.15) is 20.3 Å². The van der Waals surface area contributed by atoms with Crippen molar-refractivity contribution in [3.05, 3.63) is 0 Å². The molecule has 1 amide bonds. The zero-order chi connectivity index (χ0) is 13.4. The first kappa shape index (κ1) is 15.8. The molecule has 0 bridgehead atoms. The Hall–Kier alpha value is -0.260. The van der Waals surface area contributed by atoms with Crippen LogP contribution in [0.25, 0.3) is 0 Å². The van der Waals surface area contributed by atoms with Crippen molar-refractivity contribution in [2.75, 3.05) is 50.8 Å². The van der Waals surface area contributed by atoms with Gasteiger partial charge in [0, 0.05) is 25.4 Å². The first-order valence-corrected chi connectivity index (χ1v) is 8.14. The smallest absolute Gasteiger partial charge is 0.232 e. The van der Waals surface area contributed by atoms with E-state index in [4.69, 9.17) is 5.73 Å². The lowest BCUT2D eigenvalue weighted by Crippen LogP contribution is -2.32. The minimum Gasteiger partial charge on any atom is -0.342 e. The van der Waals surface area contributed by atoms with Crippen molar-refractivity contribution >= 4 is 17.7 Å². The van der Waals surface area contributed by atoms with Gasteiger partial charge < -0.3 is 15.5 Å². The number of hydrogen-bond donors (Lipinski definition) is 1. The van der Waals surface area contributed by atoms with Gasteiger partial charge in [-0.2, -0.15) is 11.8 Å². The van der Waals surface area contributed by atoms with Crippen molar-refractivity contribution < 1.29 is 4.79 Å². The fraction of sp³-hybridized carbons (Fsp3) is 0.923. The Kier molecular flexibility index (Phi) is 7.70. The van der Waals surface area contributed by atoms with Gasteiger partial charge in [0.1, 0.15) is 0 Å². The highest BCUT2D eigenvalue weighted by Crippen LogP contribution is 2.16. The Bertz CT molecular complexity index is 246. The SMILES string of the molecule is CCN(CC)CCSCC(=O)N1CCC(CN)C1. The summed E-state index contributed by atoms with van der Waals surface area (Å²) in [6.45, 7) is 10.1. The molecule has 0 aliphatic carbocycles. The van der Waals surface area contributed by atoms with Crippen LogP contribution in [0.15, 0.2) is 0 Å². The van der Waals surface area contributed by atoms with E-state index in [0.29, 0.717) is 18.2 Å². The van der Waals surface area contributed by atoms with Crippen molar-refractivity contribution in [3.8, 4) is 0 Å². The third-order valence-corrected chi connectivity index (χ3v) is 4.57. The van der Waals surface area contributed by atoms with Gasteiger partial charge in [-0.25, -0.2) is 0 Å². The van der Waals surface area contributed by atoms with Crippen molar-refractivity contribution in [2.24, 2.45) is 11.7 Å². The number of nitrogens with zero attached hydrogens (tertiary/aromatic N) is 2. The molecule has 0 aromatic rings. The molecule has 1 aliphatic heterocycles.